The van der Waals surface area contributed by atoms with E-state index in [0.29, 0.717) is 32.1 Å². The number of esters is 1. The maximum atomic E-state index is 14.0. The van der Waals surface area contributed by atoms with E-state index in [2.05, 4.69) is 15.4 Å². The average molecular weight is 563 g/mol. The highest BCUT2D eigenvalue weighted by Gasteiger charge is 2.36. The second-order valence-corrected chi connectivity index (χ2v) is 10.7. The molecule has 0 bridgehead atoms. The van der Waals surface area contributed by atoms with E-state index in [1.165, 1.54) is 17.4 Å². The number of amides is 1. The fourth-order valence-electron chi connectivity index (χ4n) is 4.37. The zero-order valence-corrected chi connectivity index (χ0v) is 21.9. The largest absolute Gasteiger partial charge is 0.459 e. The lowest BCUT2D eigenvalue weighted by Gasteiger charge is -2.14. The summed E-state index contributed by atoms with van der Waals surface area (Å²) in [5.74, 6) is -1.30. The van der Waals surface area contributed by atoms with Crippen LogP contribution in [0.1, 0.15) is 63.7 Å². The van der Waals surface area contributed by atoms with E-state index in [4.69, 9.17) is 16.3 Å². The lowest BCUT2D eigenvalue weighted by atomic mass is 9.95. The summed E-state index contributed by atoms with van der Waals surface area (Å²) in [6.07, 6.45) is -1.78. The third-order valence-corrected chi connectivity index (χ3v) is 7.49. The number of nitrogens with one attached hydrogen (secondary N) is 1. The number of hydrogen-bond acceptors (Lipinski definition) is 6. The summed E-state index contributed by atoms with van der Waals surface area (Å²) in [5, 5.41) is 7.34. The molecule has 3 heterocycles. The van der Waals surface area contributed by atoms with Gasteiger partial charge in [0, 0.05) is 21.5 Å². The summed E-state index contributed by atoms with van der Waals surface area (Å²) in [5.41, 5.74) is 0.121. The molecule has 1 amide bonds. The molecule has 0 saturated carbocycles. The maximum absolute atomic E-state index is 14.0. The highest BCUT2D eigenvalue weighted by Crippen LogP contribution is 2.39. The fraction of sp³-hybridized carbons (Fsp3) is 0.308. The van der Waals surface area contributed by atoms with Crippen LogP contribution in [0.3, 0.4) is 0 Å². The van der Waals surface area contributed by atoms with Crippen molar-refractivity contribution in [1.29, 1.82) is 0 Å². The van der Waals surface area contributed by atoms with Gasteiger partial charge in [-0.1, -0.05) is 23.7 Å². The highest BCUT2D eigenvalue weighted by molar-refractivity contribution is 7.17. The average Bonchev–Trinajstić information content (AvgIpc) is 3.44. The van der Waals surface area contributed by atoms with Gasteiger partial charge in [0.2, 0.25) is 0 Å². The van der Waals surface area contributed by atoms with Crippen LogP contribution in [0.15, 0.2) is 36.4 Å². The normalized spacial score (nSPS) is 13.6. The van der Waals surface area contributed by atoms with Crippen LogP contribution < -0.4 is 5.32 Å². The van der Waals surface area contributed by atoms with Crippen LogP contribution in [-0.4, -0.2) is 32.6 Å². The number of carbonyl (C=O) groups is 2. The van der Waals surface area contributed by atoms with Crippen molar-refractivity contribution < 1.29 is 27.5 Å². The van der Waals surface area contributed by atoms with E-state index in [0.717, 1.165) is 35.8 Å². The summed E-state index contributed by atoms with van der Waals surface area (Å²) in [6, 6.07) is 8.27. The molecule has 5 rings (SSSR count). The number of thiophene rings is 1. The number of hydrogen-bond donors (Lipinski definition) is 1. The number of benzene rings is 1. The predicted molar refractivity (Wildman–Crippen MR) is 138 cm³/mol. The van der Waals surface area contributed by atoms with E-state index in [9.17, 15) is 22.8 Å². The van der Waals surface area contributed by atoms with Crippen LogP contribution in [0.5, 0.6) is 0 Å². The number of nitrogens with zero attached hydrogens (tertiary/aromatic N) is 3. The molecule has 38 heavy (non-hydrogen) atoms. The first-order chi connectivity index (χ1) is 18.0. The SMILES string of the molecule is CC(C)OC(=O)c1c(NC(=O)c2cc3nc(-c4ccc(Cl)cc4)cc(C(F)(F)F)n3n2)sc2c1CCCC2. The van der Waals surface area contributed by atoms with Crippen molar-refractivity contribution in [3.63, 3.8) is 0 Å². The van der Waals surface area contributed by atoms with Gasteiger partial charge in [-0.25, -0.2) is 14.3 Å². The monoisotopic (exact) mass is 562 g/mol. The third-order valence-electron chi connectivity index (χ3n) is 6.04. The number of alkyl halides is 3. The number of carbonyl (C=O) groups excluding carboxylic acids is 2. The van der Waals surface area contributed by atoms with E-state index in [1.54, 1.807) is 38.1 Å². The van der Waals surface area contributed by atoms with Crippen molar-refractivity contribution in [2.75, 3.05) is 5.32 Å². The molecule has 12 heteroatoms. The topological polar surface area (TPSA) is 85.6 Å². The Kier molecular flexibility index (Phi) is 6.91. The zero-order chi connectivity index (χ0) is 27.2. The van der Waals surface area contributed by atoms with Gasteiger partial charge in [-0.05, 0) is 63.3 Å². The van der Waals surface area contributed by atoms with E-state index < -0.39 is 23.7 Å². The first-order valence-electron chi connectivity index (χ1n) is 11.9. The van der Waals surface area contributed by atoms with Crippen LogP contribution in [0.25, 0.3) is 16.9 Å². The van der Waals surface area contributed by atoms with Gasteiger partial charge in [-0.2, -0.15) is 18.3 Å². The molecular weight excluding hydrogens is 541 g/mol. The Morgan fingerprint density at radius 1 is 1.13 bits per heavy atom. The Balaban J connectivity index is 1.54. The first kappa shape index (κ1) is 26.2. The number of aromatic nitrogens is 3. The highest BCUT2D eigenvalue weighted by atomic mass is 35.5. The molecule has 0 fully saturated rings. The van der Waals surface area contributed by atoms with E-state index in [-0.39, 0.29) is 23.1 Å². The van der Waals surface area contributed by atoms with Gasteiger partial charge in [0.15, 0.2) is 17.0 Å². The van der Waals surface area contributed by atoms with Gasteiger partial charge in [0.1, 0.15) is 5.00 Å². The van der Waals surface area contributed by atoms with Crippen molar-refractivity contribution in [1.82, 2.24) is 14.6 Å². The van der Waals surface area contributed by atoms with Crippen LogP contribution in [0, 0.1) is 0 Å². The fourth-order valence-corrected chi connectivity index (χ4v) is 5.76. The summed E-state index contributed by atoms with van der Waals surface area (Å²) < 4.78 is 47.9. The Hall–Kier alpha value is -3.44. The van der Waals surface area contributed by atoms with Crippen molar-refractivity contribution in [2.24, 2.45) is 0 Å². The van der Waals surface area contributed by atoms with Gasteiger partial charge in [-0.15, -0.1) is 11.3 Å². The molecule has 0 atom stereocenters. The standard InChI is InChI=1S/C26H22ClF3N4O3S/c1-13(2)37-25(36)22-16-5-3-4-6-19(16)38-24(22)32-23(35)18-12-21-31-17(14-7-9-15(27)10-8-14)11-20(26(28,29)30)34(21)33-18/h7-13H,3-6H2,1-2H3,(H,32,35). The van der Waals surface area contributed by atoms with E-state index in [1.807, 2.05) is 0 Å². The van der Waals surface area contributed by atoms with Gasteiger partial charge < -0.3 is 10.1 Å². The van der Waals surface area contributed by atoms with Gasteiger partial charge in [-0.3, -0.25) is 4.79 Å². The summed E-state index contributed by atoms with van der Waals surface area (Å²) >= 11 is 7.19. The zero-order valence-electron chi connectivity index (χ0n) is 20.4. The minimum atomic E-state index is -4.76. The molecule has 3 aromatic heterocycles. The van der Waals surface area contributed by atoms with Crippen LogP contribution in [0.4, 0.5) is 18.2 Å². The molecule has 198 valence electrons. The second-order valence-electron chi connectivity index (χ2n) is 9.15. The van der Waals surface area contributed by atoms with Gasteiger partial charge >= 0.3 is 12.1 Å². The molecule has 1 aromatic carbocycles. The van der Waals surface area contributed by atoms with Crippen molar-refractivity contribution in [3.8, 4) is 11.3 Å². The number of anilines is 1. The Bertz CT molecular complexity index is 1540. The summed E-state index contributed by atoms with van der Waals surface area (Å²) in [7, 11) is 0. The minimum absolute atomic E-state index is 0.0537. The number of halogens is 4. The summed E-state index contributed by atoms with van der Waals surface area (Å²) in [4.78, 5) is 31.4. The Labute approximate surface area is 224 Å². The molecule has 0 spiro atoms. The van der Waals surface area contributed by atoms with E-state index >= 15 is 0 Å². The number of ether oxygens (including phenoxy) is 1. The molecule has 0 unspecified atom stereocenters. The van der Waals surface area contributed by atoms with Crippen molar-refractivity contribution >= 4 is 45.5 Å². The molecule has 0 radical (unpaired) electrons. The quantitative estimate of drug-likeness (QED) is 0.270. The lowest BCUT2D eigenvalue weighted by molar-refractivity contribution is -0.142. The maximum Gasteiger partial charge on any atom is 0.433 e. The van der Waals surface area contributed by atoms with Gasteiger partial charge in [0.25, 0.3) is 5.91 Å². The number of rotatable bonds is 5. The molecule has 0 aliphatic heterocycles. The van der Waals surface area contributed by atoms with Gasteiger partial charge in [0.05, 0.1) is 17.4 Å². The molecule has 4 aromatic rings. The van der Waals surface area contributed by atoms with Crippen molar-refractivity contribution in [3.05, 3.63) is 68.8 Å². The first-order valence-corrected chi connectivity index (χ1v) is 13.1. The Morgan fingerprint density at radius 3 is 2.53 bits per heavy atom. The van der Waals surface area contributed by atoms with Crippen LogP contribution in [-0.2, 0) is 23.8 Å². The third kappa shape index (κ3) is 5.12. The van der Waals surface area contributed by atoms with Crippen LogP contribution in [0.2, 0.25) is 5.02 Å². The van der Waals surface area contributed by atoms with Crippen molar-refractivity contribution in [2.45, 2.75) is 51.8 Å². The lowest BCUT2D eigenvalue weighted by Crippen LogP contribution is -2.18. The Morgan fingerprint density at radius 2 is 1.84 bits per heavy atom. The second kappa shape index (κ2) is 10.0. The smallest absolute Gasteiger partial charge is 0.433 e. The minimum Gasteiger partial charge on any atom is -0.459 e. The number of aryl methyl sites for hydroxylation is 1. The molecule has 1 aliphatic rings. The van der Waals surface area contributed by atoms with Crippen LogP contribution >= 0.6 is 22.9 Å². The molecule has 7 nitrogen and oxygen atoms in total. The molecular formula is C26H22ClF3N4O3S. The molecule has 1 N–H and O–H groups in total. The molecule has 0 saturated heterocycles. The molecule has 1 aliphatic carbocycles. The number of fused-ring (bicyclic) bond motifs is 2. The summed E-state index contributed by atoms with van der Waals surface area (Å²) in [6.45, 7) is 3.46. The predicted octanol–water partition coefficient (Wildman–Crippen LogP) is 6.83.